The first-order chi connectivity index (χ1) is 8.16. The maximum absolute atomic E-state index is 13.6. The molecule has 1 nitrogen and oxygen atoms in total. The second-order valence-electron chi connectivity index (χ2n) is 3.94. The molecule has 0 aliphatic heterocycles. The standard InChI is InChI=1S/C13H13BrFNS/c14-10-2-3-12(15)11(7-10)13(16)4-1-9-5-6-17-8-9/h2-3,5-8,13H,1,4,16H2. The highest BCUT2D eigenvalue weighted by Crippen LogP contribution is 2.23. The van der Waals surface area contributed by atoms with Crippen LogP contribution in [-0.4, -0.2) is 0 Å². The Kier molecular flexibility index (Phi) is 4.31. The lowest BCUT2D eigenvalue weighted by Gasteiger charge is -2.12. The minimum absolute atomic E-state index is 0.231. The number of hydrogen-bond acceptors (Lipinski definition) is 2. The van der Waals surface area contributed by atoms with E-state index in [1.54, 1.807) is 23.5 Å². The van der Waals surface area contributed by atoms with Gasteiger partial charge in [-0.25, -0.2) is 4.39 Å². The quantitative estimate of drug-likeness (QED) is 0.895. The van der Waals surface area contributed by atoms with E-state index in [0.717, 1.165) is 17.3 Å². The Balaban J connectivity index is 2.04. The first-order valence-corrected chi connectivity index (χ1v) is 7.12. The third-order valence-electron chi connectivity index (χ3n) is 2.68. The average molecular weight is 314 g/mol. The Hall–Kier alpha value is -0.710. The normalized spacial score (nSPS) is 12.6. The van der Waals surface area contributed by atoms with Crippen molar-refractivity contribution in [3.05, 3.63) is 56.4 Å². The Morgan fingerprint density at radius 2 is 2.18 bits per heavy atom. The molecule has 1 aromatic heterocycles. The van der Waals surface area contributed by atoms with Crippen LogP contribution in [0.3, 0.4) is 0 Å². The first-order valence-electron chi connectivity index (χ1n) is 5.38. The minimum atomic E-state index is -0.257. The molecule has 2 rings (SSSR count). The molecule has 2 N–H and O–H groups in total. The molecule has 0 saturated carbocycles. The third kappa shape index (κ3) is 3.37. The van der Waals surface area contributed by atoms with E-state index in [-0.39, 0.29) is 11.9 Å². The Morgan fingerprint density at radius 1 is 1.35 bits per heavy atom. The van der Waals surface area contributed by atoms with Gasteiger partial charge in [0.1, 0.15) is 5.82 Å². The average Bonchev–Trinajstić information content (AvgIpc) is 2.82. The smallest absolute Gasteiger partial charge is 0.128 e. The lowest BCUT2D eigenvalue weighted by atomic mass is 10.0. The summed E-state index contributed by atoms with van der Waals surface area (Å²) in [6.07, 6.45) is 1.64. The molecule has 1 atom stereocenters. The molecule has 0 spiro atoms. The number of thiophene rings is 1. The molecule has 0 radical (unpaired) electrons. The lowest BCUT2D eigenvalue weighted by Crippen LogP contribution is -2.13. The van der Waals surface area contributed by atoms with Gasteiger partial charge < -0.3 is 5.73 Å². The fourth-order valence-electron chi connectivity index (χ4n) is 1.71. The topological polar surface area (TPSA) is 26.0 Å². The van der Waals surface area contributed by atoms with Crippen molar-refractivity contribution in [2.45, 2.75) is 18.9 Å². The van der Waals surface area contributed by atoms with Crippen LogP contribution in [0, 0.1) is 5.82 Å². The van der Waals surface area contributed by atoms with E-state index in [4.69, 9.17) is 5.73 Å². The molecule has 90 valence electrons. The molecular formula is C13H13BrFNS. The summed E-state index contributed by atoms with van der Waals surface area (Å²) in [6, 6.07) is 6.71. The fourth-order valence-corrected chi connectivity index (χ4v) is 2.79. The van der Waals surface area contributed by atoms with Crippen LogP contribution >= 0.6 is 27.3 Å². The van der Waals surface area contributed by atoms with Crippen LogP contribution in [0.1, 0.15) is 23.6 Å². The summed E-state index contributed by atoms with van der Waals surface area (Å²) in [6.45, 7) is 0. The molecule has 0 fully saturated rings. The predicted molar refractivity (Wildman–Crippen MR) is 73.7 cm³/mol. The van der Waals surface area contributed by atoms with Crippen molar-refractivity contribution in [1.82, 2.24) is 0 Å². The summed E-state index contributed by atoms with van der Waals surface area (Å²) >= 11 is 5.00. The van der Waals surface area contributed by atoms with Crippen LogP contribution in [0.5, 0.6) is 0 Å². The summed E-state index contributed by atoms with van der Waals surface area (Å²) in [5.41, 5.74) is 7.87. The number of halogens is 2. The second kappa shape index (κ2) is 5.76. The van der Waals surface area contributed by atoms with Gasteiger partial charge in [0.15, 0.2) is 0 Å². The van der Waals surface area contributed by atoms with Crippen LogP contribution in [0.4, 0.5) is 4.39 Å². The van der Waals surface area contributed by atoms with E-state index in [2.05, 4.69) is 27.4 Å². The van der Waals surface area contributed by atoms with Gasteiger partial charge in [0.25, 0.3) is 0 Å². The highest BCUT2D eigenvalue weighted by molar-refractivity contribution is 9.10. The molecule has 1 heterocycles. The van der Waals surface area contributed by atoms with Gasteiger partial charge in [-0.15, -0.1) is 0 Å². The van der Waals surface area contributed by atoms with E-state index >= 15 is 0 Å². The largest absolute Gasteiger partial charge is 0.324 e. The van der Waals surface area contributed by atoms with Gasteiger partial charge in [-0.05, 0) is 53.4 Å². The van der Waals surface area contributed by atoms with Gasteiger partial charge in [0.05, 0.1) is 0 Å². The molecule has 1 aromatic carbocycles. The van der Waals surface area contributed by atoms with Gasteiger partial charge in [-0.1, -0.05) is 15.9 Å². The van der Waals surface area contributed by atoms with Crippen LogP contribution < -0.4 is 5.73 Å². The summed E-state index contributed by atoms with van der Waals surface area (Å²) in [5.74, 6) is -0.231. The SMILES string of the molecule is NC(CCc1ccsc1)c1cc(Br)ccc1F. The first kappa shape index (κ1) is 12.7. The third-order valence-corrected chi connectivity index (χ3v) is 3.91. The van der Waals surface area contributed by atoms with Gasteiger partial charge in [-0.2, -0.15) is 11.3 Å². The van der Waals surface area contributed by atoms with E-state index < -0.39 is 0 Å². The van der Waals surface area contributed by atoms with Crippen molar-refractivity contribution in [3.63, 3.8) is 0 Å². The van der Waals surface area contributed by atoms with Gasteiger partial charge in [0.2, 0.25) is 0 Å². The van der Waals surface area contributed by atoms with Crippen molar-refractivity contribution >= 4 is 27.3 Å². The highest BCUT2D eigenvalue weighted by atomic mass is 79.9. The number of nitrogens with two attached hydrogens (primary N) is 1. The van der Waals surface area contributed by atoms with Crippen LogP contribution in [0.15, 0.2) is 39.5 Å². The van der Waals surface area contributed by atoms with E-state index in [1.165, 1.54) is 11.6 Å². The minimum Gasteiger partial charge on any atom is -0.324 e. The monoisotopic (exact) mass is 313 g/mol. The summed E-state index contributed by atoms with van der Waals surface area (Å²) < 4.78 is 14.4. The molecule has 0 amide bonds. The highest BCUT2D eigenvalue weighted by Gasteiger charge is 2.12. The lowest BCUT2D eigenvalue weighted by molar-refractivity contribution is 0.563. The van der Waals surface area contributed by atoms with E-state index in [9.17, 15) is 4.39 Å². The molecule has 0 bridgehead atoms. The zero-order chi connectivity index (χ0) is 12.3. The summed E-state index contributed by atoms with van der Waals surface area (Å²) in [5, 5.41) is 4.14. The molecule has 0 saturated heterocycles. The van der Waals surface area contributed by atoms with Crippen LogP contribution in [0.25, 0.3) is 0 Å². The second-order valence-corrected chi connectivity index (χ2v) is 5.64. The van der Waals surface area contributed by atoms with E-state index in [1.807, 2.05) is 5.38 Å². The van der Waals surface area contributed by atoms with Gasteiger partial charge in [-0.3, -0.25) is 0 Å². The van der Waals surface area contributed by atoms with Crippen molar-refractivity contribution < 1.29 is 4.39 Å². The molecule has 1 unspecified atom stereocenters. The number of aryl methyl sites for hydroxylation is 1. The maximum Gasteiger partial charge on any atom is 0.128 e. The maximum atomic E-state index is 13.6. The molecule has 0 aliphatic rings. The summed E-state index contributed by atoms with van der Waals surface area (Å²) in [4.78, 5) is 0. The van der Waals surface area contributed by atoms with Crippen molar-refractivity contribution in [2.24, 2.45) is 5.73 Å². The van der Waals surface area contributed by atoms with Crippen LogP contribution in [0.2, 0.25) is 0 Å². The Morgan fingerprint density at radius 3 is 2.88 bits per heavy atom. The van der Waals surface area contributed by atoms with Crippen molar-refractivity contribution in [1.29, 1.82) is 0 Å². The molecule has 17 heavy (non-hydrogen) atoms. The van der Waals surface area contributed by atoms with Gasteiger partial charge >= 0.3 is 0 Å². The Labute approximate surface area is 113 Å². The zero-order valence-corrected chi connectivity index (χ0v) is 11.6. The number of benzene rings is 1. The van der Waals surface area contributed by atoms with Crippen LogP contribution in [-0.2, 0) is 6.42 Å². The number of rotatable bonds is 4. The summed E-state index contributed by atoms with van der Waals surface area (Å²) in [7, 11) is 0. The zero-order valence-electron chi connectivity index (χ0n) is 9.20. The molecule has 2 aromatic rings. The Bertz CT molecular complexity index is 484. The number of hydrogen-bond donors (Lipinski definition) is 1. The van der Waals surface area contributed by atoms with Gasteiger partial charge in [0, 0.05) is 16.1 Å². The van der Waals surface area contributed by atoms with Crippen molar-refractivity contribution in [3.8, 4) is 0 Å². The predicted octanol–water partition coefficient (Wildman–Crippen LogP) is 4.28. The fraction of sp³-hybridized carbons (Fsp3) is 0.231. The molecular weight excluding hydrogens is 301 g/mol. The molecule has 4 heteroatoms. The van der Waals surface area contributed by atoms with E-state index in [0.29, 0.717) is 5.56 Å². The van der Waals surface area contributed by atoms with Crippen molar-refractivity contribution in [2.75, 3.05) is 0 Å². The molecule has 0 aliphatic carbocycles.